The number of fused-ring (bicyclic) bond motifs is 1. The number of piperidine rings is 1. The zero-order valence-corrected chi connectivity index (χ0v) is 16.9. The Balaban J connectivity index is 1.69. The van der Waals surface area contributed by atoms with Gasteiger partial charge in [0.15, 0.2) is 0 Å². The second kappa shape index (κ2) is 8.91. The van der Waals surface area contributed by atoms with E-state index in [9.17, 15) is 36.3 Å². The summed E-state index contributed by atoms with van der Waals surface area (Å²) >= 11 is 0. The minimum absolute atomic E-state index is 0.000561. The third kappa shape index (κ3) is 5.65. The number of likely N-dealkylation sites (tertiary alicyclic amines) is 1. The minimum Gasteiger partial charge on any atom is -0.465 e. The van der Waals surface area contributed by atoms with Crippen LogP contribution in [0.1, 0.15) is 36.0 Å². The number of carbonyl (C=O) groups is 3. The van der Waals surface area contributed by atoms with Gasteiger partial charge in [-0.3, -0.25) is 9.59 Å². The molecule has 3 rings (SSSR count). The Morgan fingerprint density at radius 3 is 2.59 bits per heavy atom. The number of rotatable bonds is 5. The van der Waals surface area contributed by atoms with Gasteiger partial charge in [0.05, 0.1) is 18.2 Å². The summed E-state index contributed by atoms with van der Waals surface area (Å²) in [5.74, 6) is -4.21. The molecule has 32 heavy (non-hydrogen) atoms. The van der Waals surface area contributed by atoms with E-state index < -0.39 is 67.5 Å². The summed E-state index contributed by atoms with van der Waals surface area (Å²) in [7, 11) is 0. The van der Waals surface area contributed by atoms with Gasteiger partial charge >= 0.3 is 12.3 Å². The number of halogens is 5. The van der Waals surface area contributed by atoms with E-state index in [1.165, 1.54) is 17.0 Å². The van der Waals surface area contributed by atoms with E-state index in [0.29, 0.717) is 5.56 Å². The zero-order chi connectivity index (χ0) is 23.7. The number of nitrogens with one attached hydrogen (secondary N) is 1. The highest BCUT2D eigenvalue weighted by Crippen LogP contribution is 2.35. The summed E-state index contributed by atoms with van der Waals surface area (Å²) in [6.07, 6.45) is -7.42. The van der Waals surface area contributed by atoms with E-state index in [1.807, 2.05) is 0 Å². The number of carboxylic acid groups (broad SMARTS) is 1. The highest BCUT2D eigenvalue weighted by molar-refractivity contribution is 5.79. The van der Waals surface area contributed by atoms with Crippen LogP contribution in [0.3, 0.4) is 0 Å². The normalized spacial score (nSPS) is 19.3. The van der Waals surface area contributed by atoms with Crippen molar-refractivity contribution in [3.8, 4) is 0 Å². The summed E-state index contributed by atoms with van der Waals surface area (Å²) in [5, 5.41) is 11.1. The van der Waals surface area contributed by atoms with Crippen LogP contribution in [0.25, 0.3) is 0 Å². The topological polar surface area (TPSA) is 89.9 Å². The third-order valence-electron chi connectivity index (χ3n) is 5.59. The number of hydrogen-bond donors (Lipinski definition) is 2. The lowest BCUT2D eigenvalue weighted by molar-refractivity contribution is -0.148. The van der Waals surface area contributed by atoms with Crippen LogP contribution in [0, 0.1) is 0 Å². The number of nitrogens with zero attached hydrogens (tertiary/aromatic N) is 2. The molecule has 0 bridgehead atoms. The molecule has 1 fully saturated rings. The fourth-order valence-electron chi connectivity index (χ4n) is 4.09. The molecule has 0 saturated carbocycles. The first kappa shape index (κ1) is 23.7. The highest BCUT2D eigenvalue weighted by Gasteiger charge is 2.40. The molecule has 0 aromatic heterocycles. The molecular formula is C20H22F5N3O4. The molecule has 2 heterocycles. The first-order chi connectivity index (χ1) is 14.9. The van der Waals surface area contributed by atoms with Crippen molar-refractivity contribution in [2.24, 2.45) is 0 Å². The number of alkyl halides is 5. The van der Waals surface area contributed by atoms with Gasteiger partial charge in [-0.05, 0) is 23.6 Å². The van der Waals surface area contributed by atoms with Crippen LogP contribution in [0.4, 0.5) is 26.7 Å². The average Bonchev–Trinajstić information content (AvgIpc) is 2.68. The summed E-state index contributed by atoms with van der Waals surface area (Å²) < 4.78 is 66.9. The summed E-state index contributed by atoms with van der Waals surface area (Å²) in [6.45, 7) is -1.36. The van der Waals surface area contributed by atoms with Gasteiger partial charge in [-0.2, -0.15) is 13.2 Å². The van der Waals surface area contributed by atoms with Gasteiger partial charge in [-0.1, -0.05) is 12.1 Å². The standard InChI is InChI=1S/C20H22F5N3O4/c21-19(22)6-4-16(29)28(11-19)10-13(26-18(31)32)8-17(30)27-7-5-14-12(9-27)2-1-3-15(14)20(23,24)25/h1-3,13,26H,4-11H2,(H,31,32)/t13-/m0/s1. The average molecular weight is 463 g/mol. The summed E-state index contributed by atoms with van der Waals surface area (Å²) in [5.41, 5.74) is -0.296. The van der Waals surface area contributed by atoms with Crippen molar-refractivity contribution in [1.29, 1.82) is 0 Å². The Labute approximate surface area is 180 Å². The van der Waals surface area contributed by atoms with E-state index in [-0.39, 0.29) is 31.5 Å². The summed E-state index contributed by atoms with van der Waals surface area (Å²) in [6, 6.07) is 2.59. The Morgan fingerprint density at radius 2 is 1.94 bits per heavy atom. The predicted molar refractivity (Wildman–Crippen MR) is 101 cm³/mol. The van der Waals surface area contributed by atoms with Gasteiger partial charge in [-0.25, -0.2) is 13.6 Å². The van der Waals surface area contributed by atoms with Crippen molar-refractivity contribution in [3.63, 3.8) is 0 Å². The summed E-state index contributed by atoms with van der Waals surface area (Å²) in [4.78, 5) is 38.0. The van der Waals surface area contributed by atoms with E-state index in [1.54, 1.807) is 0 Å². The molecule has 1 saturated heterocycles. The van der Waals surface area contributed by atoms with Gasteiger partial charge < -0.3 is 20.2 Å². The van der Waals surface area contributed by atoms with Gasteiger partial charge in [-0.15, -0.1) is 0 Å². The van der Waals surface area contributed by atoms with E-state index >= 15 is 0 Å². The van der Waals surface area contributed by atoms with Crippen molar-refractivity contribution >= 4 is 17.9 Å². The van der Waals surface area contributed by atoms with E-state index in [0.717, 1.165) is 11.0 Å². The molecule has 1 aromatic rings. The van der Waals surface area contributed by atoms with E-state index in [4.69, 9.17) is 5.11 Å². The van der Waals surface area contributed by atoms with Crippen molar-refractivity contribution in [2.45, 2.75) is 50.4 Å². The largest absolute Gasteiger partial charge is 0.465 e. The molecule has 2 aliphatic rings. The number of hydrogen-bond acceptors (Lipinski definition) is 3. The Kier molecular flexibility index (Phi) is 6.61. The van der Waals surface area contributed by atoms with Crippen LogP contribution in [0.2, 0.25) is 0 Å². The lowest BCUT2D eigenvalue weighted by Gasteiger charge is -2.35. The minimum atomic E-state index is -4.52. The van der Waals surface area contributed by atoms with Crippen LogP contribution >= 0.6 is 0 Å². The smallest absolute Gasteiger partial charge is 0.416 e. The van der Waals surface area contributed by atoms with Crippen LogP contribution in [0.15, 0.2) is 18.2 Å². The Bertz CT molecular complexity index is 906. The molecular weight excluding hydrogens is 441 g/mol. The van der Waals surface area contributed by atoms with Crippen LogP contribution in [-0.2, 0) is 28.7 Å². The molecule has 0 spiro atoms. The Hall–Kier alpha value is -2.92. The maximum absolute atomic E-state index is 13.7. The molecule has 2 aliphatic heterocycles. The van der Waals surface area contributed by atoms with Crippen LogP contribution in [0.5, 0.6) is 0 Å². The van der Waals surface area contributed by atoms with Gasteiger partial charge in [0.1, 0.15) is 0 Å². The molecule has 176 valence electrons. The van der Waals surface area contributed by atoms with Crippen molar-refractivity contribution in [1.82, 2.24) is 15.1 Å². The number of carbonyl (C=O) groups excluding carboxylic acids is 2. The molecule has 0 aliphatic carbocycles. The molecule has 12 heteroatoms. The van der Waals surface area contributed by atoms with Crippen molar-refractivity contribution < 1.29 is 41.4 Å². The first-order valence-corrected chi connectivity index (χ1v) is 9.96. The van der Waals surface area contributed by atoms with Crippen LogP contribution < -0.4 is 5.32 Å². The quantitative estimate of drug-likeness (QED) is 0.658. The molecule has 0 radical (unpaired) electrons. The number of amides is 3. The third-order valence-corrected chi connectivity index (χ3v) is 5.59. The number of benzene rings is 1. The van der Waals surface area contributed by atoms with Gasteiger partial charge in [0.25, 0.3) is 5.92 Å². The van der Waals surface area contributed by atoms with Gasteiger partial charge in [0, 0.05) is 38.9 Å². The fraction of sp³-hybridized carbons (Fsp3) is 0.550. The predicted octanol–water partition coefficient (Wildman–Crippen LogP) is 2.87. The lowest BCUT2D eigenvalue weighted by Crippen LogP contribution is -2.53. The maximum atomic E-state index is 13.7. The lowest BCUT2D eigenvalue weighted by atomic mass is 9.94. The van der Waals surface area contributed by atoms with Gasteiger partial charge in [0.2, 0.25) is 11.8 Å². The molecule has 7 nitrogen and oxygen atoms in total. The highest BCUT2D eigenvalue weighted by atomic mass is 19.4. The maximum Gasteiger partial charge on any atom is 0.416 e. The van der Waals surface area contributed by atoms with Crippen LogP contribution in [-0.4, -0.2) is 64.4 Å². The van der Waals surface area contributed by atoms with Crippen molar-refractivity contribution in [2.75, 3.05) is 19.6 Å². The molecule has 3 amide bonds. The molecule has 1 aromatic carbocycles. The molecule has 0 unspecified atom stereocenters. The SMILES string of the molecule is O=C(O)N[C@@H](CC(=O)N1CCc2c(cccc2C(F)(F)F)C1)CN1CC(F)(F)CCC1=O. The molecule has 2 N–H and O–H groups in total. The molecule has 1 atom stereocenters. The van der Waals surface area contributed by atoms with E-state index in [2.05, 4.69) is 5.32 Å². The first-order valence-electron chi connectivity index (χ1n) is 9.96. The fourth-order valence-corrected chi connectivity index (χ4v) is 4.09. The monoisotopic (exact) mass is 463 g/mol. The second-order valence-corrected chi connectivity index (χ2v) is 7.99. The van der Waals surface area contributed by atoms with Crippen molar-refractivity contribution in [3.05, 3.63) is 34.9 Å². The Morgan fingerprint density at radius 1 is 1.22 bits per heavy atom. The zero-order valence-electron chi connectivity index (χ0n) is 16.9. The second-order valence-electron chi connectivity index (χ2n) is 7.99.